The topological polar surface area (TPSA) is 131 Å². The van der Waals surface area contributed by atoms with Crippen LogP contribution >= 0.6 is 7.82 Å². The molecule has 0 rings (SSSR count). The fraction of sp³-hybridized carbons (Fsp3) is 0.837. The summed E-state index contributed by atoms with van der Waals surface area (Å²) in [6.45, 7) is 4.11. The first kappa shape index (κ1) is 50.7. The van der Waals surface area contributed by atoms with Gasteiger partial charge in [0.05, 0.1) is 25.4 Å². The molecular formula is C43H83N2O6P. The van der Waals surface area contributed by atoms with Crippen LogP contribution < -0.4 is 11.1 Å². The van der Waals surface area contributed by atoms with Crippen LogP contribution in [0.5, 0.6) is 0 Å². The third-order valence-corrected chi connectivity index (χ3v) is 10.4. The van der Waals surface area contributed by atoms with Crippen LogP contribution in [0, 0.1) is 0 Å². The molecule has 0 radical (unpaired) electrons. The summed E-state index contributed by atoms with van der Waals surface area (Å²) in [6.07, 6.45) is 46.2. The molecular weight excluding hydrogens is 671 g/mol. The number of hydrogen-bond donors (Lipinski definition) is 4. The van der Waals surface area contributed by atoms with Crippen molar-refractivity contribution in [3.05, 3.63) is 36.5 Å². The lowest BCUT2D eigenvalue weighted by Crippen LogP contribution is -2.45. The summed E-state index contributed by atoms with van der Waals surface area (Å²) in [5.74, 6) is -0.208. The number of carbonyl (C=O) groups is 1. The van der Waals surface area contributed by atoms with E-state index >= 15 is 0 Å². The monoisotopic (exact) mass is 755 g/mol. The van der Waals surface area contributed by atoms with Gasteiger partial charge < -0.3 is 21.1 Å². The van der Waals surface area contributed by atoms with Crippen LogP contribution in [0.2, 0.25) is 0 Å². The number of carbonyl (C=O) groups excluding carboxylic acids is 1. The Morgan fingerprint density at radius 1 is 0.615 bits per heavy atom. The van der Waals surface area contributed by atoms with E-state index in [9.17, 15) is 19.4 Å². The Morgan fingerprint density at radius 2 is 1.02 bits per heavy atom. The molecule has 5 N–H and O–H groups in total. The molecule has 0 spiro atoms. The van der Waals surface area contributed by atoms with Gasteiger partial charge in [0.25, 0.3) is 0 Å². The van der Waals surface area contributed by atoms with Crippen LogP contribution in [0.25, 0.3) is 0 Å². The summed E-state index contributed by atoms with van der Waals surface area (Å²) in [5, 5.41) is 13.6. The SMILES string of the molecule is CCCCCCCCCCC/C=C/CC/C=C/CC/C=C/C(O)C(COP(=O)(O)OCCN)NC(=O)CCCCCCCCCCCCCCCC. The summed E-state index contributed by atoms with van der Waals surface area (Å²) in [7, 11) is -4.35. The van der Waals surface area contributed by atoms with Crippen molar-refractivity contribution in [2.45, 2.75) is 212 Å². The van der Waals surface area contributed by atoms with E-state index in [-0.39, 0.29) is 25.7 Å². The van der Waals surface area contributed by atoms with Gasteiger partial charge >= 0.3 is 7.82 Å². The third kappa shape index (κ3) is 37.1. The first-order chi connectivity index (χ1) is 25.4. The van der Waals surface area contributed by atoms with Crippen LogP contribution in [0.15, 0.2) is 36.5 Å². The summed E-state index contributed by atoms with van der Waals surface area (Å²) in [6, 6.07) is -0.879. The van der Waals surface area contributed by atoms with Crippen molar-refractivity contribution in [2.75, 3.05) is 19.8 Å². The minimum Gasteiger partial charge on any atom is -0.387 e. The molecule has 0 heterocycles. The molecule has 306 valence electrons. The van der Waals surface area contributed by atoms with E-state index in [1.54, 1.807) is 6.08 Å². The van der Waals surface area contributed by atoms with E-state index in [1.807, 2.05) is 6.08 Å². The van der Waals surface area contributed by atoms with Crippen molar-refractivity contribution in [1.82, 2.24) is 5.32 Å². The van der Waals surface area contributed by atoms with Gasteiger partial charge in [0.2, 0.25) is 5.91 Å². The van der Waals surface area contributed by atoms with E-state index in [0.29, 0.717) is 6.42 Å². The highest BCUT2D eigenvalue weighted by Gasteiger charge is 2.26. The molecule has 0 aromatic heterocycles. The Balaban J connectivity index is 4.30. The molecule has 0 aliphatic rings. The Labute approximate surface area is 320 Å². The molecule has 3 atom stereocenters. The van der Waals surface area contributed by atoms with Crippen molar-refractivity contribution in [1.29, 1.82) is 0 Å². The van der Waals surface area contributed by atoms with Gasteiger partial charge in [-0.15, -0.1) is 0 Å². The Morgan fingerprint density at radius 3 is 1.48 bits per heavy atom. The van der Waals surface area contributed by atoms with Crippen LogP contribution in [0.1, 0.15) is 200 Å². The van der Waals surface area contributed by atoms with E-state index < -0.39 is 20.0 Å². The van der Waals surface area contributed by atoms with Gasteiger partial charge in [0.1, 0.15) is 0 Å². The lowest BCUT2D eigenvalue weighted by Gasteiger charge is -2.23. The molecule has 0 aromatic rings. The lowest BCUT2D eigenvalue weighted by atomic mass is 10.0. The highest BCUT2D eigenvalue weighted by atomic mass is 31.2. The summed E-state index contributed by atoms with van der Waals surface area (Å²) >= 11 is 0. The maximum atomic E-state index is 12.7. The number of aliphatic hydroxyl groups excluding tert-OH is 1. The molecule has 3 unspecified atom stereocenters. The van der Waals surface area contributed by atoms with Gasteiger partial charge in [-0.25, -0.2) is 4.57 Å². The number of aliphatic hydroxyl groups is 1. The van der Waals surface area contributed by atoms with E-state index in [1.165, 1.54) is 135 Å². The van der Waals surface area contributed by atoms with Gasteiger partial charge in [-0.05, 0) is 44.9 Å². The zero-order valence-corrected chi connectivity index (χ0v) is 34.7. The Bertz CT molecular complexity index is 912. The molecule has 0 saturated heterocycles. The number of hydrogen-bond acceptors (Lipinski definition) is 6. The second-order valence-corrected chi connectivity index (χ2v) is 16.0. The second kappa shape index (κ2) is 39.4. The number of amides is 1. The Hall–Kier alpha value is -1.28. The molecule has 0 aliphatic carbocycles. The highest BCUT2D eigenvalue weighted by Crippen LogP contribution is 2.43. The molecule has 1 amide bonds. The fourth-order valence-corrected chi connectivity index (χ4v) is 6.92. The van der Waals surface area contributed by atoms with Crippen molar-refractivity contribution >= 4 is 13.7 Å². The lowest BCUT2D eigenvalue weighted by molar-refractivity contribution is -0.123. The molecule has 9 heteroatoms. The molecule has 0 bridgehead atoms. The first-order valence-corrected chi connectivity index (χ1v) is 23.1. The standard InChI is InChI=1S/C43H83N2O6P/c1-3-5-7-9-11-13-15-17-19-20-21-22-23-24-26-28-30-32-34-36-42(46)41(40-51-52(48,49)50-39-38-44)45-43(47)37-35-33-31-29-27-25-18-16-14-12-10-8-6-4-2/h21-22,26,28,34,36,41-42,46H,3-20,23-25,27,29-33,35,37-40,44H2,1-2H3,(H,45,47)(H,48,49)/b22-21+,28-26+,36-34+. The molecule has 52 heavy (non-hydrogen) atoms. The minimum atomic E-state index is -4.35. The number of phosphoric acid groups is 1. The number of phosphoric ester groups is 1. The zero-order valence-electron chi connectivity index (χ0n) is 33.8. The highest BCUT2D eigenvalue weighted by molar-refractivity contribution is 7.47. The second-order valence-electron chi connectivity index (χ2n) is 14.5. The maximum Gasteiger partial charge on any atom is 0.472 e. The van der Waals surface area contributed by atoms with Gasteiger partial charge in [-0.3, -0.25) is 13.8 Å². The molecule has 0 aliphatic heterocycles. The molecule has 8 nitrogen and oxygen atoms in total. The van der Waals surface area contributed by atoms with E-state index in [2.05, 4.69) is 43.5 Å². The van der Waals surface area contributed by atoms with Crippen LogP contribution in [-0.4, -0.2) is 47.8 Å². The maximum absolute atomic E-state index is 12.7. The smallest absolute Gasteiger partial charge is 0.387 e. The third-order valence-electron chi connectivity index (χ3n) is 9.45. The molecule has 0 aromatic carbocycles. The van der Waals surface area contributed by atoms with Gasteiger partial charge in [0, 0.05) is 13.0 Å². The van der Waals surface area contributed by atoms with Gasteiger partial charge in [-0.2, -0.15) is 0 Å². The van der Waals surface area contributed by atoms with E-state index in [4.69, 9.17) is 14.8 Å². The predicted molar refractivity (Wildman–Crippen MR) is 221 cm³/mol. The van der Waals surface area contributed by atoms with Crippen molar-refractivity contribution < 1.29 is 28.4 Å². The zero-order chi connectivity index (χ0) is 38.2. The summed E-state index contributed by atoms with van der Waals surface area (Å²) < 4.78 is 22.1. The van der Waals surface area contributed by atoms with Crippen molar-refractivity contribution in [3.8, 4) is 0 Å². The number of rotatable bonds is 40. The molecule has 0 fully saturated rings. The molecule has 0 saturated carbocycles. The average Bonchev–Trinajstić information content (AvgIpc) is 3.13. The normalized spacial score (nSPS) is 14.5. The number of allylic oxidation sites excluding steroid dienone is 5. The Kier molecular flexibility index (Phi) is 38.4. The first-order valence-electron chi connectivity index (χ1n) is 21.6. The van der Waals surface area contributed by atoms with Crippen LogP contribution in [0.4, 0.5) is 0 Å². The predicted octanol–water partition coefficient (Wildman–Crippen LogP) is 11.9. The quantitative estimate of drug-likeness (QED) is 0.0278. The van der Waals surface area contributed by atoms with Crippen molar-refractivity contribution in [3.63, 3.8) is 0 Å². The van der Waals surface area contributed by atoms with Crippen LogP contribution in [0.3, 0.4) is 0 Å². The number of unbranched alkanes of at least 4 members (excludes halogenated alkanes) is 24. The number of nitrogens with one attached hydrogen (secondary N) is 1. The van der Waals surface area contributed by atoms with Gasteiger partial charge in [0.15, 0.2) is 0 Å². The van der Waals surface area contributed by atoms with Crippen molar-refractivity contribution in [2.24, 2.45) is 5.73 Å². The van der Waals surface area contributed by atoms with Crippen LogP contribution in [-0.2, 0) is 18.4 Å². The van der Waals surface area contributed by atoms with Gasteiger partial charge in [-0.1, -0.05) is 185 Å². The number of nitrogens with two attached hydrogens (primary N) is 1. The largest absolute Gasteiger partial charge is 0.472 e. The van der Waals surface area contributed by atoms with E-state index in [0.717, 1.165) is 44.9 Å². The summed E-state index contributed by atoms with van der Waals surface area (Å²) in [4.78, 5) is 22.7. The average molecular weight is 755 g/mol. The fourth-order valence-electron chi connectivity index (χ4n) is 6.16. The summed E-state index contributed by atoms with van der Waals surface area (Å²) in [5.41, 5.74) is 5.37. The minimum absolute atomic E-state index is 0.0726.